The molecule has 1 fully saturated rings. The smallest absolute Gasteiger partial charge is 0.256 e. The van der Waals surface area contributed by atoms with Gasteiger partial charge in [-0.3, -0.25) is 9.69 Å². The summed E-state index contributed by atoms with van der Waals surface area (Å²) < 4.78 is 0. The molecule has 5 heteroatoms. The van der Waals surface area contributed by atoms with Crippen molar-refractivity contribution < 1.29 is 4.79 Å². The normalized spacial score (nSPS) is 15.4. The van der Waals surface area contributed by atoms with Crippen molar-refractivity contribution in [1.29, 1.82) is 0 Å². The Morgan fingerprint density at radius 3 is 2.45 bits per heavy atom. The molecular weight excluding hydrogens is 400 g/mol. The fraction of sp³-hybridized carbons (Fsp3) is 0.292. The van der Waals surface area contributed by atoms with Crippen LogP contribution in [0, 0.1) is 0 Å². The number of anilines is 1. The molecule has 150 valence electrons. The number of amides is 1. The number of rotatable bonds is 6. The summed E-state index contributed by atoms with van der Waals surface area (Å²) in [5.74, 6) is -0.0624. The molecule has 29 heavy (non-hydrogen) atoms. The van der Waals surface area contributed by atoms with E-state index in [9.17, 15) is 4.79 Å². The number of nitrogens with zero attached hydrogens (tertiary/aromatic N) is 1. The Morgan fingerprint density at radius 1 is 1.10 bits per heavy atom. The average molecular weight is 425 g/mol. The van der Waals surface area contributed by atoms with Gasteiger partial charge in [-0.2, -0.15) is 0 Å². The van der Waals surface area contributed by atoms with E-state index in [2.05, 4.69) is 35.3 Å². The van der Waals surface area contributed by atoms with Gasteiger partial charge >= 0.3 is 0 Å². The SMILES string of the molecule is CCc1cc([C@@H](c2ccc(Cl)cc2)N2CCCC2)c(NC(=O)c2ccccc2)s1. The second-order valence-corrected chi connectivity index (χ2v) is 8.94. The molecule has 3 aromatic rings. The molecule has 3 nitrogen and oxygen atoms in total. The molecule has 0 spiro atoms. The maximum atomic E-state index is 12.9. The number of nitrogens with one attached hydrogen (secondary N) is 1. The van der Waals surface area contributed by atoms with Crippen molar-refractivity contribution in [3.63, 3.8) is 0 Å². The van der Waals surface area contributed by atoms with Crippen molar-refractivity contribution in [2.45, 2.75) is 32.2 Å². The van der Waals surface area contributed by atoms with Crippen molar-refractivity contribution in [2.24, 2.45) is 0 Å². The molecule has 2 heterocycles. The van der Waals surface area contributed by atoms with E-state index in [0.29, 0.717) is 5.56 Å². The Bertz CT molecular complexity index is 962. The zero-order valence-electron chi connectivity index (χ0n) is 16.5. The van der Waals surface area contributed by atoms with Crippen LogP contribution in [0.1, 0.15) is 52.2 Å². The van der Waals surface area contributed by atoms with Gasteiger partial charge in [0, 0.05) is 21.0 Å². The number of aryl methyl sites for hydroxylation is 1. The number of halogens is 1. The van der Waals surface area contributed by atoms with Crippen molar-refractivity contribution >= 4 is 33.8 Å². The van der Waals surface area contributed by atoms with Crippen LogP contribution in [0.4, 0.5) is 5.00 Å². The van der Waals surface area contributed by atoms with Crippen LogP contribution in [-0.2, 0) is 6.42 Å². The fourth-order valence-electron chi connectivity index (χ4n) is 3.93. The Morgan fingerprint density at radius 2 is 1.79 bits per heavy atom. The van der Waals surface area contributed by atoms with Gasteiger partial charge in [0.2, 0.25) is 0 Å². The van der Waals surface area contributed by atoms with Crippen molar-refractivity contribution in [1.82, 2.24) is 4.90 Å². The highest BCUT2D eigenvalue weighted by atomic mass is 35.5. The molecule has 1 amide bonds. The number of benzene rings is 2. The summed E-state index contributed by atoms with van der Waals surface area (Å²) in [6, 6.07) is 19.9. The summed E-state index contributed by atoms with van der Waals surface area (Å²) in [7, 11) is 0. The van der Waals surface area contributed by atoms with Crippen molar-refractivity contribution in [2.75, 3.05) is 18.4 Å². The van der Waals surface area contributed by atoms with E-state index < -0.39 is 0 Å². The first-order chi connectivity index (χ1) is 14.2. The third-order valence-corrected chi connectivity index (χ3v) is 6.87. The van der Waals surface area contributed by atoms with E-state index >= 15 is 0 Å². The summed E-state index contributed by atoms with van der Waals surface area (Å²) in [5.41, 5.74) is 3.07. The van der Waals surface area contributed by atoms with Crippen LogP contribution in [0.2, 0.25) is 5.02 Å². The molecule has 1 aliphatic heterocycles. The van der Waals surface area contributed by atoms with E-state index in [-0.39, 0.29) is 11.9 Å². The first-order valence-corrected chi connectivity index (χ1v) is 11.3. The number of hydrogen-bond acceptors (Lipinski definition) is 3. The number of likely N-dealkylation sites (tertiary alicyclic amines) is 1. The van der Waals surface area contributed by atoms with E-state index in [1.54, 1.807) is 11.3 Å². The van der Waals surface area contributed by atoms with E-state index in [1.165, 1.54) is 28.8 Å². The van der Waals surface area contributed by atoms with Gasteiger partial charge in [-0.25, -0.2) is 0 Å². The number of thiophene rings is 1. The standard InChI is InChI=1S/C24H25ClN2OS/c1-2-20-16-21(24(29-20)26-23(28)18-8-4-3-5-9-18)22(27-14-6-7-15-27)17-10-12-19(25)13-11-17/h3-5,8-13,16,22H,2,6-7,14-15H2,1H3,(H,26,28)/t22-/m1/s1. The Kier molecular flexibility index (Phi) is 6.34. The van der Waals surface area contributed by atoms with Crippen LogP contribution in [0.5, 0.6) is 0 Å². The second-order valence-electron chi connectivity index (χ2n) is 7.37. The van der Waals surface area contributed by atoms with Gasteiger partial charge in [0.25, 0.3) is 5.91 Å². The fourth-order valence-corrected chi connectivity index (χ4v) is 5.08. The Balaban J connectivity index is 1.73. The lowest BCUT2D eigenvalue weighted by Gasteiger charge is -2.28. The molecule has 1 aromatic heterocycles. The molecular formula is C24H25ClN2OS. The van der Waals surface area contributed by atoms with E-state index in [4.69, 9.17) is 11.6 Å². The third-order valence-electron chi connectivity index (χ3n) is 5.41. The highest BCUT2D eigenvalue weighted by Crippen LogP contribution is 2.41. The lowest BCUT2D eigenvalue weighted by molar-refractivity contribution is 0.102. The molecule has 1 aliphatic rings. The van der Waals surface area contributed by atoms with Crippen molar-refractivity contribution in [3.05, 3.63) is 87.3 Å². The molecule has 2 aromatic carbocycles. The van der Waals surface area contributed by atoms with Crippen LogP contribution in [-0.4, -0.2) is 23.9 Å². The minimum absolute atomic E-state index is 0.0624. The van der Waals surface area contributed by atoms with Gasteiger partial charge < -0.3 is 5.32 Å². The maximum Gasteiger partial charge on any atom is 0.256 e. The number of hydrogen-bond donors (Lipinski definition) is 1. The van der Waals surface area contributed by atoms with Crippen molar-refractivity contribution in [3.8, 4) is 0 Å². The molecule has 0 bridgehead atoms. The molecule has 4 rings (SSSR count). The van der Waals surface area contributed by atoms with Gasteiger partial charge in [0.15, 0.2) is 0 Å². The lowest BCUT2D eigenvalue weighted by atomic mass is 9.98. The van der Waals surface area contributed by atoms with Gasteiger partial charge in [-0.15, -0.1) is 11.3 Å². The Hall–Kier alpha value is -2.14. The molecule has 0 aliphatic carbocycles. The zero-order chi connectivity index (χ0) is 20.2. The molecule has 0 unspecified atom stereocenters. The highest BCUT2D eigenvalue weighted by molar-refractivity contribution is 7.16. The molecule has 1 saturated heterocycles. The summed E-state index contributed by atoms with van der Waals surface area (Å²) in [5, 5.41) is 4.88. The van der Waals surface area contributed by atoms with Crippen LogP contribution in [0.25, 0.3) is 0 Å². The van der Waals surface area contributed by atoms with E-state index in [0.717, 1.165) is 29.5 Å². The summed E-state index contributed by atoms with van der Waals surface area (Å²) in [4.78, 5) is 16.6. The zero-order valence-corrected chi connectivity index (χ0v) is 18.1. The Labute approximate surface area is 181 Å². The molecule has 0 radical (unpaired) electrons. The first-order valence-electron chi connectivity index (χ1n) is 10.1. The first kappa shape index (κ1) is 20.1. The molecule has 0 saturated carbocycles. The molecule has 1 atom stereocenters. The van der Waals surface area contributed by atoms with Crippen LogP contribution in [0.15, 0.2) is 60.7 Å². The summed E-state index contributed by atoms with van der Waals surface area (Å²) >= 11 is 7.83. The molecule has 1 N–H and O–H groups in total. The quantitative estimate of drug-likeness (QED) is 0.496. The third kappa shape index (κ3) is 4.55. The van der Waals surface area contributed by atoms with Crippen LogP contribution >= 0.6 is 22.9 Å². The number of carbonyl (C=O) groups excluding carboxylic acids is 1. The minimum Gasteiger partial charge on any atom is -0.313 e. The van der Waals surface area contributed by atoms with Crippen LogP contribution in [0.3, 0.4) is 0 Å². The van der Waals surface area contributed by atoms with Gasteiger partial charge in [0.05, 0.1) is 6.04 Å². The second kappa shape index (κ2) is 9.12. The van der Waals surface area contributed by atoms with Gasteiger partial charge in [-0.1, -0.05) is 48.9 Å². The number of carbonyl (C=O) groups is 1. The average Bonchev–Trinajstić information content (AvgIpc) is 3.41. The maximum absolute atomic E-state index is 12.9. The summed E-state index contributed by atoms with van der Waals surface area (Å²) in [6.45, 7) is 4.29. The predicted octanol–water partition coefficient (Wildman–Crippen LogP) is 6.40. The van der Waals surface area contributed by atoms with Crippen LogP contribution < -0.4 is 5.32 Å². The van der Waals surface area contributed by atoms with Gasteiger partial charge in [0.1, 0.15) is 5.00 Å². The highest BCUT2D eigenvalue weighted by Gasteiger charge is 2.29. The largest absolute Gasteiger partial charge is 0.313 e. The lowest BCUT2D eigenvalue weighted by Crippen LogP contribution is -2.27. The van der Waals surface area contributed by atoms with E-state index in [1.807, 2.05) is 42.5 Å². The topological polar surface area (TPSA) is 32.3 Å². The van der Waals surface area contributed by atoms with Gasteiger partial charge in [-0.05, 0) is 68.2 Å². The summed E-state index contributed by atoms with van der Waals surface area (Å²) in [6.07, 6.45) is 3.37. The monoisotopic (exact) mass is 424 g/mol. The predicted molar refractivity (Wildman–Crippen MR) is 122 cm³/mol. The minimum atomic E-state index is -0.0624.